The summed E-state index contributed by atoms with van der Waals surface area (Å²) in [5, 5.41) is 6.39. The van der Waals surface area contributed by atoms with Gasteiger partial charge in [0.05, 0.1) is 26.3 Å². The first-order valence-corrected chi connectivity index (χ1v) is 8.53. The lowest BCUT2D eigenvalue weighted by Gasteiger charge is -2.03. The first kappa shape index (κ1) is 16.3. The summed E-state index contributed by atoms with van der Waals surface area (Å²) in [6.07, 6.45) is 0. The number of nitrogens with one attached hydrogen (secondary N) is 1. The molecule has 1 aromatic heterocycles. The maximum atomic E-state index is 12.2. The molecule has 0 fully saturated rings. The van der Waals surface area contributed by atoms with E-state index >= 15 is 0 Å². The number of halogens is 3. The van der Waals surface area contributed by atoms with Crippen LogP contribution in [-0.4, -0.2) is 10.9 Å². The van der Waals surface area contributed by atoms with Gasteiger partial charge in [-0.3, -0.25) is 10.1 Å². The summed E-state index contributed by atoms with van der Waals surface area (Å²) in [7, 11) is 0. The molecule has 0 aliphatic heterocycles. The van der Waals surface area contributed by atoms with Gasteiger partial charge in [-0.25, -0.2) is 4.98 Å². The summed E-state index contributed by atoms with van der Waals surface area (Å²) in [6, 6.07) is 12.1. The molecule has 0 radical (unpaired) electrons. The van der Waals surface area contributed by atoms with Gasteiger partial charge in [-0.1, -0.05) is 53.0 Å². The van der Waals surface area contributed by atoms with Crippen molar-refractivity contribution in [2.75, 3.05) is 5.32 Å². The number of nitrogens with zero attached hydrogens (tertiary/aromatic N) is 1. The number of benzene rings is 2. The summed E-state index contributed by atoms with van der Waals surface area (Å²) in [6.45, 7) is 0. The van der Waals surface area contributed by atoms with E-state index in [1.807, 2.05) is 11.4 Å². The molecule has 0 atom stereocenters. The zero-order valence-corrected chi connectivity index (χ0v) is 14.6. The van der Waals surface area contributed by atoms with Crippen LogP contribution in [0.15, 0.2) is 47.8 Å². The van der Waals surface area contributed by atoms with Crippen LogP contribution in [0.3, 0.4) is 0 Å². The van der Waals surface area contributed by atoms with Crippen molar-refractivity contribution < 1.29 is 4.79 Å². The van der Waals surface area contributed by atoms with E-state index < -0.39 is 0 Å². The van der Waals surface area contributed by atoms with Crippen molar-refractivity contribution in [2.45, 2.75) is 0 Å². The number of rotatable bonds is 3. The van der Waals surface area contributed by atoms with E-state index in [1.165, 1.54) is 11.3 Å². The van der Waals surface area contributed by atoms with Crippen LogP contribution in [0.1, 0.15) is 10.4 Å². The number of hydrogen-bond acceptors (Lipinski definition) is 3. The maximum absolute atomic E-state index is 12.2. The van der Waals surface area contributed by atoms with Crippen molar-refractivity contribution in [1.82, 2.24) is 4.98 Å². The Hall–Kier alpha value is -1.59. The Morgan fingerprint density at radius 2 is 1.78 bits per heavy atom. The Morgan fingerprint density at radius 1 is 1.00 bits per heavy atom. The van der Waals surface area contributed by atoms with Gasteiger partial charge in [0.2, 0.25) is 0 Å². The van der Waals surface area contributed by atoms with Gasteiger partial charge in [-0.2, -0.15) is 0 Å². The van der Waals surface area contributed by atoms with Crippen molar-refractivity contribution in [1.29, 1.82) is 0 Å². The standard InChI is InChI=1S/C16H9Cl3N2OS/c17-11-4-2-1-3-10(11)15(22)21-16-20-14(8-23-16)9-5-6-12(18)13(19)7-9/h1-8H,(H,20,21,22). The largest absolute Gasteiger partial charge is 0.298 e. The third kappa shape index (κ3) is 3.67. The van der Waals surface area contributed by atoms with Gasteiger partial charge in [-0.05, 0) is 24.3 Å². The summed E-state index contributed by atoms with van der Waals surface area (Å²) >= 11 is 19.3. The van der Waals surface area contributed by atoms with Crippen LogP contribution in [-0.2, 0) is 0 Å². The number of carbonyl (C=O) groups excluding carboxylic acids is 1. The minimum atomic E-state index is -0.300. The third-order valence-electron chi connectivity index (χ3n) is 3.06. The lowest BCUT2D eigenvalue weighted by Crippen LogP contribution is -2.12. The van der Waals surface area contributed by atoms with Crippen molar-refractivity contribution in [3.05, 3.63) is 68.5 Å². The second kappa shape index (κ2) is 6.89. The predicted molar refractivity (Wildman–Crippen MR) is 97.0 cm³/mol. The molecule has 0 spiro atoms. The summed E-state index contributed by atoms with van der Waals surface area (Å²) in [5.41, 5.74) is 1.94. The van der Waals surface area contributed by atoms with E-state index in [-0.39, 0.29) is 5.91 Å². The topological polar surface area (TPSA) is 42.0 Å². The van der Waals surface area contributed by atoms with E-state index in [4.69, 9.17) is 34.8 Å². The van der Waals surface area contributed by atoms with Crippen LogP contribution in [0, 0.1) is 0 Å². The maximum Gasteiger partial charge on any atom is 0.258 e. The fraction of sp³-hybridized carbons (Fsp3) is 0. The summed E-state index contributed by atoms with van der Waals surface area (Å²) in [5.74, 6) is -0.300. The van der Waals surface area contributed by atoms with Crippen LogP contribution >= 0.6 is 46.1 Å². The molecule has 1 N–H and O–H groups in total. The van der Waals surface area contributed by atoms with Crippen LogP contribution in [0.2, 0.25) is 15.1 Å². The molecule has 0 aliphatic carbocycles. The minimum Gasteiger partial charge on any atom is -0.298 e. The Bertz CT molecular complexity index is 879. The number of hydrogen-bond donors (Lipinski definition) is 1. The molecule has 1 heterocycles. The van der Waals surface area contributed by atoms with Crippen molar-refractivity contribution in [2.24, 2.45) is 0 Å². The molecule has 0 saturated heterocycles. The number of aromatic nitrogens is 1. The lowest BCUT2D eigenvalue weighted by atomic mass is 10.2. The van der Waals surface area contributed by atoms with Crippen molar-refractivity contribution >= 4 is 57.2 Å². The monoisotopic (exact) mass is 382 g/mol. The number of anilines is 1. The molecule has 2 aromatic carbocycles. The van der Waals surface area contributed by atoms with Crippen molar-refractivity contribution in [3.63, 3.8) is 0 Å². The van der Waals surface area contributed by atoms with E-state index in [0.717, 1.165) is 5.56 Å². The molecular weight excluding hydrogens is 375 g/mol. The molecule has 116 valence electrons. The molecule has 3 aromatic rings. The first-order chi connectivity index (χ1) is 11.0. The highest BCUT2D eigenvalue weighted by Crippen LogP contribution is 2.30. The second-order valence-electron chi connectivity index (χ2n) is 4.60. The molecule has 23 heavy (non-hydrogen) atoms. The molecule has 0 unspecified atom stereocenters. The van der Waals surface area contributed by atoms with Crippen LogP contribution < -0.4 is 5.32 Å². The minimum absolute atomic E-state index is 0.300. The van der Waals surface area contributed by atoms with E-state index in [2.05, 4.69) is 10.3 Å². The number of amides is 1. The molecule has 0 bridgehead atoms. The SMILES string of the molecule is O=C(Nc1nc(-c2ccc(Cl)c(Cl)c2)cs1)c1ccccc1Cl. The van der Waals surface area contributed by atoms with Gasteiger partial charge in [0.1, 0.15) is 0 Å². The zero-order chi connectivity index (χ0) is 16.4. The van der Waals surface area contributed by atoms with Gasteiger partial charge in [0.15, 0.2) is 5.13 Å². The normalized spacial score (nSPS) is 10.6. The van der Waals surface area contributed by atoms with Gasteiger partial charge >= 0.3 is 0 Å². The van der Waals surface area contributed by atoms with Gasteiger partial charge in [-0.15, -0.1) is 11.3 Å². The van der Waals surface area contributed by atoms with Crippen molar-refractivity contribution in [3.8, 4) is 11.3 Å². The number of carbonyl (C=O) groups is 1. The molecule has 1 amide bonds. The fourth-order valence-corrected chi connectivity index (χ4v) is 3.16. The highest BCUT2D eigenvalue weighted by Gasteiger charge is 2.13. The van der Waals surface area contributed by atoms with Gasteiger partial charge in [0.25, 0.3) is 5.91 Å². The molecule has 7 heteroatoms. The van der Waals surface area contributed by atoms with E-state index in [0.29, 0.717) is 31.5 Å². The smallest absolute Gasteiger partial charge is 0.258 e. The van der Waals surface area contributed by atoms with E-state index in [9.17, 15) is 4.79 Å². The average Bonchev–Trinajstić information content (AvgIpc) is 2.99. The Balaban J connectivity index is 1.81. The molecule has 0 saturated carbocycles. The average molecular weight is 384 g/mol. The quantitative estimate of drug-likeness (QED) is 0.600. The predicted octanol–water partition coefficient (Wildman–Crippen LogP) is 6.02. The van der Waals surface area contributed by atoms with Gasteiger partial charge < -0.3 is 0 Å². The molecule has 3 nitrogen and oxygen atoms in total. The Kier molecular flexibility index (Phi) is 4.87. The first-order valence-electron chi connectivity index (χ1n) is 6.51. The fourth-order valence-electron chi connectivity index (χ4n) is 1.93. The number of thiazole rings is 1. The van der Waals surface area contributed by atoms with E-state index in [1.54, 1.807) is 36.4 Å². The molecule has 3 rings (SSSR count). The third-order valence-corrected chi connectivity index (χ3v) is 4.88. The van der Waals surface area contributed by atoms with Crippen LogP contribution in [0.4, 0.5) is 5.13 Å². The van der Waals surface area contributed by atoms with Crippen LogP contribution in [0.25, 0.3) is 11.3 Å². The highest BCUT2D eigenvalue weighted by molar-refractivity contribution is 7.14. The molecule has 0 aliphatic rings. The molecular formula is C16H9Cl3N2OS. The van der Waals surface area contributed by atoms with Crippen LogP contribution in [0.5, 0.6) is 0 Å². The van der Waals surface area contributed by atoms with Gasteiger partial charge in [0, 0.05) is 10.9 Å². The zero-order valence-electron chi connectivity index (χ0n) is 11.5. The lowest BCUT2D eigenvalue weighted by molar-refractivity contribution is 0.102. The highest BCUT2D eigenvalue weighted by atomic mass is 35.5. The summed E-state index contributed by atoms with van der Waals surface area (Å²) < 4.78 is 0. The Morgan fingerprint density at radius 3 is 2.52 bits per heavy atom. The Labute approximate surface area is 151 Å². The summed E-state index contributed by atoms with van der Waals surface area (Å²) in [4.78, 5) is 16.6. The second-order valence-corrected chi connectivity index (χ2v) is 6.68.